The second-order valence-corrected chi connectivity index (χ2v) is 4.88. The fourth-order valence-corrected chi connectivity index (χ4v) is 1.88. The molecule has 0 aromatic heterocycles. The van der Waals surface area contributed by atoms with Crippen molar-refractivity contribution in [1.29, 1.82) is 0 Å². The zero-order valence-corrected chi connectivity index (χ0v) is 12.2. The van der Waals surface area contributed by atoms with Crippen LogP contribution in [0.3, 0.4) is 0 Å². The van der Waals surface area contributed by atoms with Crippen molar-refractivity contribution in [3.8, 4) is 5.75 Å². The second-order valence-electron chi connectivity index (χ2n) is 4.44. The van der Waals surface area contributed by atoms with Gasteiger partial charge < -0.3 is 15.4 Å². The van der Waals surface area contributed by atoms with Crippen molar-refractivity contribution in [2.45, 2.75) is 32.9 Å². The highest BCUT2D eigenvalue weighted by Gasteiger charge is 2.06. The van der Waals surface area contributed by atoms with E-state index in [1.54, 1.807) is 7.11 Å². The lowest BCUT2D eigenvalue weighted by atomic mass is 10.2. The summed E-state index contributed by atoms with van der Waals surface area (Å²) in [6, 6.07) is 6.16. The van der Waals surface area contributed by atoms with Gasteiger partial charge in [-0.2, -0.15) is 0 Å². The number of halogens is 1. The van der Waals surface area contributed by atoms with Crippen LogP contribution in [0.1, 0.15) is 25.8 Å². The number of ether oxygens (including phenoxy) is 1. The zero-order valence-electron chi connectivity index (χ0n) is 11.4. The summed E-state index contributed by atoms with van der Waals surface area (Å²) in [6.07, 6.45) is 1.16. The van der Waals surface area contributed by atoms with E-state index in [1.165, 1.54) is 0 Å². The minimum absolute atomic E-state index is 0.428. The summed E-state index contributed by atoms with van der Waals surface area (Å²) < 4.78 is 5.32. The van der Waals surface area contributed by atoms with Crippen LogP contribution in [0.15, 0.2) is 18.2 Å². The van der Waals surface area contributed by atoms with Crippen LogP contribution in [-0.2, 0) is 6.54 Å². The van der Waals surface area contributed by atoms with Crippen LogP contribution in [0, 0.1) is 0 Å². The molecule has 0 aliphatic rings. The smallest absolute Gasteiger partial charge is 0.124 e. The number of hydrogen-bond acceptors (Lipinski definition) is 3. The Hall–Kier alpha value is -0.770. The molecule has 0 aliphatic carbocycles. The van der Waals surface area contributed by atoms with E-state index >= 15 is 0 Å². The molecule has 1 aromatic rings. The molecule has 0 aliphatic heterocycles. The molecule has 102 valence electrons. The zero-order chi connectivity index (χ0) is 13.4. The van der Waals surface area contributed by atoms with Gasteiger partial charge in [0.2, 0.25) is 0 Å². The average Bonchev–Trinajstić information content (AvgIpc) is 2.37. The normalized spacial score (nSPS) is 12.4. The van der Waals surface area contributed by atoms with Crippen molar-refractivity contribution in [2.75, 3.05) is 20.2 Å². The SMILES string of the molecule is CCCNCC(C)NCc1ccc(Cl)cc1OC. The van der Waals surface area contributed by atoms with Gasteiger partial charge in [-0.05, 0) is 32.0 Å². The third-order valence-corrected chi connectivity index (χ3v) is 3.00. The number of methoxy groups -OCH3 is 1. The van der Waals surface area contributed by atoms with E-state index in [-0.39, 0.29) is 0 Å². The molecule has 0 saturated carbocycles. The van der Waals surface area contributed by atoms with Gasteiger partial charge in [0, 0.05) is 29.7 Å². The van der Waals surface area contributed by atoms with Gasteiger partial charge in [0.05, 0.1) is 7.11 Å². The first kappa shape index (κ1) is 15.3. The van der Waals surface area contributed by atoms with E-state index in [0.717, 1.165) is 37.4 Å². The van der Waals surface area contributed by atoms with Crippen molar-refractivity contribution in [2.24, 2.45) is 0 Å². The van der Waals surface area contributed by atoms with Crippen molar-refractivity contribution in [3.05, 3.63) is 28.8 Å². The van der Waals surface area contributed by atoms with Crippen LogP contribution >= 0.6 is 11.6 Å². The van der Waals surface area contributed by atoms with E-state index in [1.807, 2.05) is 18.2 Å². The van der Waals surface area contributed by atoms with Gasteiger partial charge in [0.1, 0.15) is 5.75 Å². The van der Waals surface area contributed by atoms with Crippen LogP contribution < -0.4 is 15.4 Å². The van der Waals surface area contributed by atoms with Gasteiger partial charge in [-0.1, -0.05) is 24.6 Å². The number of rotatable bonds is 8. The molecular weight excluding hydrogens is 248 g/mol. The molecule has 1 rings (SSSR count). The maximum absolute atomic E-state index is 5.93. The molecule has 0 spiro atoms. The van der Waals surface area contributed by atoms with Crippen molar-refractivity contribution in [1.82, 2.24) is 10.6 Å². The average molecular weight is 271 g/mol. The standard InChI is InChI=1S/C14H23ClN2O/c1-4-7-16-9-11(2)17-10-12-5-6-13(15)8-14(12)18-3/h5-6,8,11,16-17H,4,7,9-10H2,1-3H3. The maximum atomic E-state index is 5.93. The van der Waals surface area contributed by atoms with Crippen LogP contribution in [-0.4, -0.2) is 26.2 Å². The Balaban J connectivity index is 2.42. The molecule has 1 unspecified atom stereocenters. The highest BCUT2D eigenvalue weighted by molar-refractivity contribution is 6.30. The molecule has 0 bridgehead atoms. The Bertz CT molecular complexity index is 358. The van der Waals surface area contributed by atoms with Crippen LogP contribution in [0.2, 0.25) is 5.02 Å². The third kappa shape index (κ3) is 5.25. The predicted molar refractivity (Wildman–Crippen MR) is 77.5 cm³/mol. The Morgan fingerprint density at radius 2 is 2.17 bits per heavy atom. The Morgan fingerprint density at radius 3 is 2.83 bits per heavy atom. The Morgan fingerprint density at radius 1 is 1.39 bits per heavy atom. The lowest BCUT2D eigenvalue weighted by Gasteiger charge is -2.16. The van der Waals surface area contributed by atoms with Gasteiger partial charge in [-0.15, -0.1) is 0 Å². The van der Waals surface area contributed by atoms with Gasteiger partial charge in [0.25, 0.3) is 0 Å². The summed E-state index contributed by atoms with van der Waals surface area (Å²) >= 11 is 5.93. The number of benzene rings is 1. The van der Waals surface area contributed by atoms with Gasteiger partial charge in [0.15, 0.2) is 0 Å². The summed E-state index contributed by atoms with van der Waals surface area (Å²) in [7, 11) is 1.67. The lowest BCUT2D eigenvalue weighted by molar-refractivity contribution is 0.405. The molecular formula is C14H23ClN2O. The molecule has 2 N–H and O–H groups in total. The predicted octanol–water partition coefficient (Wildman–Crippen LogP) is 2.83. The topological polar surface area (TPSA) is 33.3 Å². The fraction of sp³-hybridized carbons (Fsp3) is 0.571. The molecule has 4 heteroatoms. The highest BCUT2D eigenvalue weighted by Crippen LogP contribution is 2.22. The van der Waals surface area contributed by atoms with Crippen molar-refractivity contribution >= 4 is 11.6 Å². The first-order chi connectivity index (χ1) is 8.67. The largest absolute Gasteiger partial charge is 0.496 e. The number of hydrogen-bond donors (Lipinski definition) is 2. The van der Waals surface area contributed by atoms with E-state index in [2.05, 4.69) is 24.5 Å². The third-order valence-electron chi connectivity index (χ3n) is 2.77. The van der Waals surface area contributed by atoms with E-state index < -0.39 is 0 Å². The Kier molecular flexibility index (Phi) is 7.09. The van der Waals surface area contributed by atoms with Crippen LogP contribution in [0.25, 0.3) is 0 Å². The monoisotopic (exact) mass is 270 g/mol. The van der Waals surface area contributed by atoms with Crippen molar-refractivity contribution < 1.29 is 4.74 Å². The molecule has 0 heterocycles. The van der Waals surface area contributed by atoms with E-state index in [0.29, 0.717) is 11.1 Å². The van der Waals surface area contributed by atoms with E-state index in [4.69, 9.17) is 16.3 Å². The Labute approximate surface area is 115 Å². The fourth-order valence-electron chi connectivity index (χ4n) is 1.72. The minimum Gasteiger partial charge on any atom is -0.496 e. The van der Waals surface area contributed by atoms with E-state index in [9.17, 15) is 0 Å². The van der Waals surface area contributed by atoms with Gasteiger partial charge >= 0.3 is 0 Å². The summed E-state index contributed by atoms with van der Waals surface area (Å²) in [5.74, 6) is 0.837. The van der Waals surface area contributed by atoms with Gasteiger partial charge in [-0.3, -0.25) is 0 Å². The highest BCUT2D eigenvalue weighted by atomic mass is 35.5. The summed E-state index contributed by atoms with van der Waals surface area (Å²) in [5.41, 5.74) is 1.13. The minimum atomic E-state index is 0.428. The molecule has 0 fully saturated rings. The maximum Gasteiger partial charge on any atom is 0.124 e. The molecule has 0 radical (unpaired) electrons. The van der Waals surface area contributed by atoms with Crippen LogP contribution in [0.4, 0.5) is 0 Å². The number of nitrogens with one attached hydrogen (secondary N) is 2. The first-order valence-corrected chi connectivity index (χ1v) is 6.81. The molecule has 3 nitrogen and oxygen atoms in total. The molecule has 1 aromatic carbocycles. The van der Waals surface area contributed by atoms with Crippen molar-refractivity contribution in [3.63, 3.8) is 0 Å². The van der Waals surface area contributed by atoms with Crippen LogP contribution in [0.5, 0.6) is 5.75 Å². The molecule has 0 saturated heterocycles. The summed E-state index contributed by atoms with van der Waals surface area (Å²) in [4.78, 5) is 0. The molecule has 1 atom stereocenters. The van der Waals surface area contributed by atoms with Gasteiger partial charge in [-0.25, -0.2) is 0 Å². The second kappa shape index (κ2) is 8.35. The quantitative estimate of drug-likeness (QED) is 0.713. The molecule has 0 amide bonds. The summed E-state index contributed by atoms with van der Waals surface area (Å²) in [5, 5.41) is 7.56. The first-order valence-electron chi connectivity index (χ1n) is 6.43. The lowest BCUT2D eigenvalue weighted by Crippen LogP contribution is -2.36. The molecule has 18 heavy (non-hydrogen) atoms. The summed E-state index contributed by atoms with van der Waals surface area (Å²) in [6.45, 7) is 7.17.